The third-order valence-corrected chi connectivity index (χ3v) is 2.93. The molecule has 1 unspecified atom stereocenters. The standard InChI is InChI=1S/C10H9ClF3N5/c11-7-3-5(4-15)1-2-6(7)9(10(12,13)14)17-8(16)18-19-9/h1-3H,4,15H2,(H2,16,17). The van der Waals surface area contributed by atoms with Crippen LogP contribution in [0.2, 0.25) is 5.02 Å². The van der Waals surface area contributed by atoms with E-state index in [2.05, 4.69) is 15.2 Å². The molecule has 0 saturated heterocycles. The summed E-state index contributed by atoms with van der Waals surface area (Å²) >= 11 is 5.86. The molecule has 5 nitrogen and oxygen atoms in total. The van der Waals surface area contributed by atoms with Crippen LogP contribution in [0.4, 0.5) is 13.2 Å². The van der Waals surface area contributed by atoms with Crippen LogP contribution in [-0.4, -0.2) is 12.1 Å². The van der Waals surface area contributed by atoms with Gasteiger partial charge in [-0.3, -0.25) is 0 Å². The Morgan fingerprint density at radius 1 is 1.32 bits per heavy atom. The lowest BCUT2D eigenvalue weighted by molar-refractivity contribution is -0.186. The van der Waals surface area contributed by atoms with E-state index in [1.54, 1.807) is 0 Å². The fourth-order valence-corrected chi connectivity index (χ4v) is 2.02. The first-order valence-electron chi connectivity index (χ1n) is 5.14. The predicted molar refractivity (Wildman–Crippen MR) is 63.6 cm³/mol. The summed E-state index contributed by atoms with van der Waals surface area (Å²) in [6.45, 7) is 0.159. The Kier molecular flexibility index (Phi) is 3.23. The molecule has 0 bridgehead atoms. The van der Waals surface area contributed by atoms with E-state index in [0.29, 0.717) is 5.56 Å². The van der Waals surface area contributed by atoms with Gasteiger partial charge in [-0.1, -0.05) is 23.7 Å². The van der Waals surface area contributed by atoms with Crippen LogP contribution in [0.15, 0.2) is 33.4 Å². The minimum Gasteiger partial charge on any atom is -0.367 e. The molecule has 1 atom stereocenters. The minimum absolute atomic E-state index is 0.141. The molecule has 1 heterocycles. The van der Waals surface area contributed by atoms with E-state index >= 15 is 0 Å². The summed E-state index contributed by atoms with van der Waals surface area (Å²) in [7, 11) is 0. The second-order valence-corrected chi connectivity index (χ2v) is 4.27. The van der Waals surface area contributed by atoms with Gasteiger partial charge < -0.3 is 11.5 Å². The van der Waals surface area contributed by atoms with Gasteiger partial charge in [0.05, 0.1) is 0 Å². The predicted octanol–water partition coefficient (Wildman–Crippen LogP) is 2.29. The molecular weight excluding hydrogens is 283 g/mol. The second-order valence-electron chi connectivity index (χ2n) is 3.86. The Morgan fingerprint density at radius 2 is 2.00 bits per heavy atom. The fourth-order valence-electron chi connectivity index (χ4n) is 1.69. The van der Waals surface area contributed by atoms with Gasteiger partial charge in [-0.25, -0.2) is 4.99 Å². The van der Waals surface area contributed by atoms with Crippen molar-refractivity contribution in [1.82, 2.24) is 0 Å². The molecule has 9 heteroatoms. The number of benzene rings is 1. The first kappa shape index (κ1) is 13.8. The maximum Gasteiger partial charge on any atom is 0.440 e. The van der Waals surface area contributed by atoms with Crippen LogP contribution in [0.5, 0.6) is 0 Å². The Balaban J connectivity index is 2.63. The smallest absolute Gasteiger partial charge is 0.367 e. The Hall–Kier alpha value is -1.67. The Morgan fingerprint density at radius 3 is 2.42 bits per heavy atom. The van der Waals surface area contributed by atoms with E-state index in [9.17, 15) is 13.2 Å². The number of azo groups is 1. The largest absolute Gasteiger partial charge is 0.440 e. The first-order chi connectivity index (χ1) is 8.80. The lowest BCUT2D eigenvalue weighted by Gasteiger charge is -2.25. The van der Waals surface area contributed by atoms with Gasteiger partial charge in [0.1, 0.15) is 0 Å². The van der Waals surface area contributed by atoms with E-state index in [0.717, 1.165) is 0 Å². The lowest BCUT2D eigenvalue weighted by atomic mass is 9.98. The van der Waals surface area contributed by atoms with Crippen molar-refractivity contribution in [2.45, 2.75) is 18.4 Å². The summed E-state index contributed by atoms with van der Waals surface area (Å²) in [6.07, 6.45) is -4.80. The van der Waals surface area contributed by atoms with Crippen molar-refractivity contribution in [2.24, 2.45) is 26.7 Å². The van der Waals surface area contributed by atoms with Gasteiger partial charge in [-0.15, -0.1) is 10.2 Å². The Bertz CT molecular complexity index is 569. The van der Waals surface area contributed by atoms with E-state index in [4.69, 9.17) is 23.1 Å². The molecule has 0 aliphatic carbocycles. The van der Waals surface area contributed by atoms with Crippen LogP contribution in [0.1, 0.15) is 11.1 Å². The minimum atomic E-state index is -4.80. The Labute approximate surface area is 111 Å². The van der Waals surface area contributed by atoms with Crippen molar-refractivity contribution in [1.29, 1.82) is 0 Å². The molecule has 0 spiro atoms. The SMILES string of the molecule is NCc1ccc(C2(C(F)(F)F)N=NC(N)=N2)c(Cl)c1. The van der Waals surface area contributed by atoms with Crippen LogP contribution in [-0.2, 0) is 12.2 Å². The van der Waals surface area contributed by atoms with Gasteiger partial charge in [0.15, 0.2) is 0 Å². The number of guanidine groups is 1. The molecule has 0 saturated carbocycles. The van der Waals surface area contributed by atoms with Crippen LogP contribution < -0.4 is 11.5 Å². The number of aliphatic imine (C=N–C) groups is 1. The van der Waals surface area contributed by atoms with Crippen LogP contribution in [0, 0.1) is 0 Å². The number of alkyl halides is 3. The molecule has 102 valence electrons. The molecule has 1 aliphatic heterocycles. The summed E-state index contributed by atoms with van der Waals surface area (Å²) in [6, 6.07) is 3.94. The van der Waals surface area contributed by atoms with Crippen LogP contribution in [0.3, 0.4) is 0 Å². The topological polar surface area (TPSA) is 89.1 Å². The molecule has 0 aromatic heterocycles. The molecule has 1 aliphatic rings. The van der Waals surface area contributed by atoms with Crippen LogP contribution in [0.25, 0.3) is 0 Å². The molecule has 19 heavy (non-hydrogen) atoms. The third-order valence-electron chi connectivity index (χ3n) is 2.61. The van der Waals surface area contributed by atoms with Crippen molar-refractivity contribution in [2.75, 3.05) is 0 Å². The van der Waals surface area contributed by atoms with Gasteiger partial charge in [0.2, 0.25) is 5.96 Å². The maximum atomic E-state index is 13.2. The number of nitrogens with two attached hydrogens (primary N) is 2. The third kappa shape index (κ3) is 2.17. The summed E-state index contributed by atoms with van der Waals surface area (Å²) in [5.41, 5.74) is 7.96. The average Bonchev–Trinajstić information content (AvgIpc) is 2.71. The van der Waals surface area contributed by atoms with E-state index in [-0.39, 0.29) is 17.1 Å². The molecule has 0 fully saturated rings. The number of hydrogen-bond donors (Lipinski definition) is 2. The molecule has 1 aromatic carbocycles. The highest BCUT2D eigenvalue weighted by Crippen LogP contribution is 2.48. The maximum absolute atomic E-state index is 13.2. The van der Waals surface area contributed by atoms with Gasteiger partial charge >= 0.3 is 6.18 Å². The number of rotatable bonds is 2. The zero-order chi connectivity index (χ0) is 14.3. The summed E-state index contributed by atoms with van der Waals surface area (Å²) in [5.74, 6) is -0.545. The monoisotopic (exact) mass is 291 g/mol. The zero-order valence-electron chi connectivity index (χ0n) is 9.45. The van der Waals surface area contributed by atoms with Crippen molar-refractivity contribution in [3.8, 4) is 0 Å². The van der Waals surface area contributed by atoms with Gasteiger partial charge in [0, 0.05) is 17.1 Å². The molecule has 0 amide bonds. The zero-order valence-corrected chi connectivity index (χ0v) is 10.2. The number of halogens is 4. The molecular formula is C10H9ClF3N5. The molecule has 1 aromatic rings. The van der Waals surface area contributed by atoms with Crippen molar-refractivity contribution < 1.29 is 13.2 Å². The fraction of sp³-hybridized carbons (Fsp3) is 0.300. The van der Waals surface area contributed by atoms with Gasteiger partial charge in [0.25, 0.3) is 5.66 Å². The molecule has 4 N–H and O–H groups in total. The summed E-state index contributed by atoms with van der Waals surface area (Å²) < 4.78 is 39.7. The highest BCUT2D eigenvalue weighted by Gasteiger charge is 2.60. The van der Waals surface area contributed by atoms with E-state index in [1.165, 1.54) is 18.2 Å². The van der Waals surface area contributed by atoms with E-state index in [1.807, 2.05) is 0 Å². The molecule has 0 radical (unpaired) electrons. The van der Waals surface area contributed by atoms with Gasteiger partial charge in [-0.05, 0) is 11.6 Å². The van der Waals surface area contributed by atoms with Crippen molar-refractivity contribution >= 4 is 17.6 Å². The summed E-state index contributed by atoms with van der Waals surface area (Å²) in [4.78, 5) is 3.30. The first-order valence-corrected chi connectivity index (χ1v) is 5.52. The highest BCUT2D eigenvalue weighted by molar-refractivity contribution is 6.31. The normalized spacial score (nSPS) is 22.7. The van der Waals surface area contributed by atoms with Crippen LogP contribution >= 0.6 is 11.6 Å². The second kappa shape index (κ2) is 4.46. The highest BCUT2D eigenvalue weighted by atomic mass is 35.5. The van der Waals surface area contributed by atoms with Crippen molar-refractivity contribution in [3.63, 3.8) is 0 Å². The van der Waals surface area contributed by atoms with Gasteiger partial charge in [-0.2, -0.15) is 13.2 Å². The average molecular weight is 292 g/mol. The van der Waals surface area contributed by atoms with E-state index < -0.39 is 17.8 Å². The quantitative estimate of drug-likeness (QED) is 0.875. The summed E-state index contributed by atoms with van der Waals surface area (Å²) in [5, 5.41) is 6.19. The van der Waals surface area contributed by atoms with Crippen molar-refractivity contribution in [3.05, 3.63) is 34.3 Å². The molecule has 2 rings (SSSR count). The number of nitrogens with zero attached hydrogens (tertiary/aromatic N) is 3. The lowest BCUT2D eigenvalue weighted by Crippen LogP contribution is -2.38. The number of hydrogen-bond acceptors (Lipinski definition) is 5.